The van der Waals surface area contributed by atoms with Gasteiger partial charge in [-0.1, -0.05) is 6.07 Å². The summed E-state index contributed by atoms with van der Waals surface area (Å²) in [5.41, 5.74) is 1.29. The van der Waals surface area contributed by atoms with Crippen LogP contribution in [0.25, 0.3) is 0 Å². The van der Waals surface area contributed by atoms with Crippen molar-refractivity contribution in [2.24, 2.45) is 0 Å². The molecule has 0 bridgehead atoms. The lowest BCUT2D eigenvalue weighted by molar-refractivity contribution is 0.449. The molecule has 1 aromatic carbocycles. The molecule has 0 saturated carbocycles. The Labute approximate surface area is 130 Å². The molecule has 5 nitrogen and oxygen atoms in total. The van der Waals surface area contributed by atoms with E-state index in [0.717, 1.165) is 0 Å². The molecule has 0 radical (unpaired) electrons. The quantitative estimate of drug-likeness (QED) is 0.842. The lowest BCUT2D eigenvalue weighted by Gasteiger charge is -2.16. The van der Waals surface area contributed by atoms with Gasteiger partial charge in [0.15, 0.2) is 9.84 Å². The number of hydrogen-bond acceptors (Lipinski definition) is 4. The van der Waals surface area contributed by atoms with Gasteiger partial charge in [0.25, 0.3) is 0 Å². The minimum atomic E-state index is -3.16. The summed E-state index contributed by atoms with van der Waals surface area (Å²) in [7, 11) is -3.16. The van der Waals surface area contributed by atoms with Crippen molar-refractivity contribution in [3.63, 3.8) is 0 Å². The van der Waals surface area contributed by atoms with E-state index in [-0.39, 0.29) is 17.6 Å². The molecule has 0 saturated heterocycles. The van der Waals surface area contributed by atoms with Crippen molar-refractivity contribution in [2.45, 2.75) is 31.8 Å². The Morgan fingerprint density at radius 3 is 2.77 bits per heavy atom. The number of nitrogens with one attached hydrogen (secondary N) is 1. The van der Waals surface area contributed by atoms with Gasteiger partial charge in [-0.25, -0.2) is 12.8 Å². The van der Waals surface area contributed by atoms with Crippen LogP contribution in [0.3, 0.4) is 0 Å². The maximum absolute atomic E-state index is 13.4. The van der Waals surface area contributed by atoms with Crippen LogP contribution in [0, 0.1) is 5.82 Å². The minimum Gasteiger partial charge on any atom is -0.308 e. The number of sulfone groups is 1. The lowest BCUT2D eigenvalue weighted by atomic mass is 10.1. The van der Waals surface area contributed by atoms with Gasteiger partial charge < -0.3 is 5.32 Å². The van der Waals surface area contributed by atoms with Gasteiger partial charge in [0.05, 0.1) is 12.3 Å². The Balaban J connectivity index is 2.03. The third kappa shape index (κ3) is 5.23. The molecular formula is C15H20FN3O2S. The maximum Gasteiger partial charge on any atom is 0.151 e. The number of rotatable bonds is 7. The van der Waals surface area contributed by atoms with Crippen LogP contribution in [0.1, 0.15) is 18.1 Å². The second kappa shape index (κ2) is 7.02. The predicted octanol–water partition coefficient (Wildman–Crippen LogP) is 1.75. The molecule has 0 amide bonds. The first-order valence-electron chi connectivity index (χ1n) is 6.99. The monoisotopic (exact) mass is 325 g/mol. The van der Waals surface area contributed by atoms with Gasteiger partial charge in [0.2, 0.25) is 0 Å². The zero-order valence-electron chi connectivity index (χ0n) is 12.7. The topological polar surface area (TPSA) is 64.0 Å². The molecule has 1 heterocycles. The van der Waals surface area contributed by atoms with E-state index in [9.17, 15) is 12.8 Å². The molecule has 0 fully saturated rings. The predicted molar refractivity (Wildman–Crippen MR) is 83.5 cm³/mol. The highest BCUT2D eigenvalue weighted by atomic mass is 32.2. The fourth-order valence-corrected chi connectivity index (χ4v) is 3.07. The highest BCUT2D eigenvalue weighted by Crippen LogP contribution is 2.14. The molecule has 0 spiro atoms. The van der Waals surface area contributed by atoms with Crippen LogP contribution in [-0.2, 0) is 28.7 Å². The fraction of sp³-hybridized carbons (Fsp3) is 0.400. The van der Waals surface area contributed by atoms with Crippen LogP contribution in [0.4, 0.5) is 4.39 Å². The molecule has 0 aliphatic heterocycles. The standard InChI is InChI=1S/C15H20FN3O2S/c1-12(10-19-7-3-6-18-19)17-9-14-8-15(16)5-4-13(14)11-22(2,20)21/h3-8,12,17H,9-11H2,1-2H3/t12-/m0/s1. The van der Waals surface area contributed by atoms with Crippen LogP contribution >= 0.6 is 0 Å². The highest BCUT2D eigenvalue weighted by Gasteiger charge is 2.11. The summed E-state index contributed by atoms with van der Waals surface area (Å²) in [5, 5.41) is 7.40. The molecule has 120 valence electrons. The van der Waals surface area contributed by atoms with E-state index in [2.05, 4.69) is 10.4 Å². The Kier molecular flexibility index (Phi) is 5.31. The van der Waals surface area contributed by atoms with Gasteiger partial charge in [-0.2, -0.15) is 5.10 Å². The molecule has 1 atom stereocenters. The molecule has 0 aliphatic rings. The van der Waals surface area contributed by atoms with Gasteiger partial charge in [0, 0.05) is 31.2 Å². The SMILES string of the molecule is C[C@@H](Cn1cccn1)NCc1cc(F)ccc1CS(C)(=O)=O. The van der Waals surface area contributed by atoms with Gasteiger partial charge in [-0.3, -0.25) is 4.68 Å². The second-order valence-corrected chi connectivity index (χ2v) is 7.63. The molecule has 22 heavy (non-hydrogen) atoms. The Morgan fingerprint density at radius 1 is 1.36 bits per heavy atom. The summed E-state index contributed by atoms with van der Waals surface area (Å²) in [4.78, 5) is 0. The number of hydrogen-bond donors (Lipinski definition) is 1. The average molecular weight is 325 g/mol. The van der Waals surface area contributed by atoms with E-state index in [0.29, 0.717) is 24.2 Å². The minimum absolute atomic E-state index is 0.0855. The molecule has 1 N–H and O–H groups in total. The summed E-state index contributed by atoms with van der Waals surface area (Å²) in [5.74, 6) is -0.452. The van der Waals surface area contributed by atoms with Gasteiger partial charge in [-0.15, -0.1) is 0 Å². The molecular weight excluding hydrogens is 305 g/mol. The summed E-state index contributed by atoms with van der Waals surface area (Å²) >= 11 is 0. The molecule has 1 aromatic heterocycles. The number of aromatic nitrogens is 2. The molecule has 7 heteroatoms. The highest BCUT2D eigenvalue weighted by molar-refractivity contribution is 7.89. The van der Waals surface area contributed by atoms with E-state index in [1.54, 1.807) is 10.9 Å². The summed E-state index contributed by atoms with van der Waals surface area (Å²) in [6.07, 6.45) is 4.76. The van der Waals surface area contributed by atoms with Crippen molar-refractivity contribution >= 4 is 9.84 Å². The van der Waals surface area contributed by atoms with Crippen molar-refractivity contribution < 1.29 is 12.8 Å². The van der Waals surface area contributed by atoms with Crippen molar-refractivity contribution in [3.05, 3.63) is 53.6 Å². The molecule has 2 rings (SSSR count). The van der Waals surface area contributed by atoms with Crippen molar-refractivity contribution in [2.75, 3.05) is 6.26 Å². The summed E-state index contributed by atoms with van der Waals surface area (Å²) in [6.45, 7) is 3.09. The maximum atomic E-state index is 13.4. The van der Waals surface area contributed by atoms with Crippen LogP contribution in [0.5, 0.6) is 0 Å². The lowest BCUT2D eigenvalue weighted by Crippen LogP contribution is -2.30. The van der Waals surface area contributed by atoms with Crippen molar-refractivity contribution in [3.8, 4) is 0 Å². The summed E-state index contributed by atoms with van der Waals surface area (Å²) in [6, 6.07) is 6.18. The van der Waals surface area contributed by atoms with Crippen molar-refractivity contribution in [1.29, 1.82) is 0 Å². The first-order chi connectivity index (χ1) is 10.3. The number of halogens is 1. The zero-order chi connectivity index (χ0) is 16.2. The first-order valence-corrected chi connectivity index (χ1v) is 9.05. The molecule has 0 aliphatic carbocycles. The number of benzene rings is 1. The Hall–Kier alpha value is -1.73. The fourth-order valence-electron chi connectivity index (χ4n) is 2.22. The molecule has 0 unspecified atom stereocenters. The van der Waals surface area contributed by atoms with E-state index in [1.807, 2.05) is 19.2 Å². The van der Waals surface area contributed by atoms with E-state index in [1.165, 1.54) is 24.5 Å². The van der Waals surface area contributed by atoms with Crippen LogP contribution in [0.15, 0.2) is 36.7 Å². The third-order valence-corrected chi connectivity index (χ3v) is 4.08. The average Bonchev–Trinajstić information content (AvgIpc) is 2.90. The van der Waals surface area contributed by atoms with Crippen LogP contribution in [0.2, 0.25) is 0 Å². The van der Waals surface area contributed by atoms with Gasteiger partial charge >= 0.3 is 0 Å². The van der Waals surface area contributed by atoms with Gasteiger partial charge in [-0.05, 0) is 36.2 Å². The number of nitrogens with zero attached hydrogens (tertiary/aromatic N) is 2. The van der Waals surface area contributed by atoms with Gasteiger partial charge in [0.1, 0.15) is 5.82 Å². The van der Waals surface area contributed by atoms with E-state index >= 15 is 0 Å². The van der Waals surface area contributed by atoms with Crippen LogP contribution < -0.4 is 5.32 Å². The molecule has 2 aromatic rings. The largest absolute Gasteiger partial charge is 0.308 e. The summed E-state index contributed by atoms with van der Waals surface area (Å²) < 4.78 is 38.1. The van der Waals surface area contributed by atoms with Crippen LogP contribution in [-0.4, -0.2) is 30.5 Å². The van der Waals surface area contributed by atoms with Crippen molar-refractivity contribution in [1.82, 2.24) is 15.1 Å². The Bertz CT molecular complexity index is 714. The Morgan fingerprint density at radius 2 is 2.14 bits per heavy atom. The third-order valence-electron chi connectivity index (χ3n) is 3.25. The zero-order valence-corrected chi connectivity index (χ0v) is 13.5. The second-order valence-electron chi connectivity index (χ2n) is 5.49. The van der Waals surface area contributed by atoms with E-state index in [4.69, 9.17) is 0 Å². The van der Waals surface area contributed by atoms with E-state index < -0.39 is 9.84 Å². The normalized spacial score (nSPS) is 13.2. The smallest absolute Gasteiger partial charge is 0.151 e. The first kappa shape index (κ1) is 16.6.